The Kier molecular flexibility index (Phi) is 2.02. The molecule has 1 aliphatic heterocycles. The number of alkyl halides is 1. The van der Waals surface area contributed by atoms with E-state index in [4.69, 9.17) is 4.74 Å². The molecule has 0 aromatic heterocycles. The molecule has 1 saturated heterocycles. The SMILES string of the molecule is CC1(C)[C@@H]2CC[C@H]1[C@@H]1OC(=O)C(CBr)[C@@H]12. The standard InChI is InChI=1S/C12H17BrO2/c1-12(2)7-3-4-8(12)10-9(7)6(5-13)11(14)15-10/h6-10H,3-5H2,1-2H3/t6?,7-,8+,9-,10+/m1/s1. The molecule has 3 heteroatoms. The van der Waals surface area contributed by atoms with Crippen molar-refractivity contribution in [3.05, 3.63) is 0 Å². The van der Waals surface area contributed by atoms with Crippen LogP contribution in [0.5, 0.6) is 0 Å². The topological polar surface area (TPSA) is 26.3 Å². The number of ether oxygens (including phenoxy) is 1. The Bertz CT molecular complexity index is 313. The molecular formula is C12H17BrO2. The van der Waals surface area contributed by atoms with Crippen LogP contribution in [0.25, 0.3) is 0 Å². The zero-order valence-electron chi connectivity index (χ0n) is 9.20. The average Bonchev–Trinajstić information content (AvgIpc) is 2.70. The molecule has 0 spiro atoms. The van der Waals surface area contributed by atoms with Crippen molar-refractivity contribution in [2.24, 2.45) is 29.1 Å². The highest BCUT2D eigenvalue weighted by atomic mass is 79.9. The van der Waals surface area contributed by atoms with E-state index in [0.717, 1.165) is 5.33 Å². The highest BCUT2D eigenvalue weighted by molar-refractivity contribution is 9.09. The summed E-state index contributed by atoms with van der Waals surface area (Å²) < 4.78 is 5.59. The fraction of sp³-hybridized carbons (Fsp3) is 0.917. The summed E-state index contributed by atoms with van der Waals surface area (Å²) in [5.74, 6) is 1.95. The lowest BCUT2D eigenvalue weighted by molar-refractivity contribution is -0.146. The van der Waals surface area contributed by atoms with Crippen LogP contribution in [-0.2, 0) is 9.53 Å². The molecule has 0 amide bonds. The second-order valence-corrected chi connectivity index (χ2v) is 6.50. The molecule has 2 nitrogen and oxygen atoms in total. The van der Waals surface area contributed by atoms with Crippen molar-refractivity contribution in [2.75, 3.05) is 5.33 Å². The van der Waals surface area contributed by atoms with Crippen LogP contribution in [0.1, 0.15) is 26.7 Å². The summed E-state index contributed by atoms with van der Waals surface area (Å²) in [4.78, 5) is 11.7. The largest absolute Gasteiger partial charge is 0.461 e. The molecule has 0 radical (unpaired) electrons. The van der Waals surface area contributed by atoms with Gasteiger partial charge in [-0.25, -0.2) is 0 Å². The second kappa shape index (κ2) is 2.99. The number of carbonyl (C=O) groups is 1. The summed E-state index contributed by atoms with van der Waals surface area (Å²) in [5, 5.41) is 0.770. The zero-order chi connectivity index (χ0) is 10.8. The number of esters is 1. The molecule has 3 aliphatic rings. The smallest absolute Gasteiger partial charge is 0.310 e. The minimum Gasteiger partial charge on any atom is -0.461 e. The lowest BCUT2D eigenvalue weighted by atomic mass is 9.76. The van der Waals surface area contributed by atoms with E-state index in [1.54, 1.807) is 0 Å². The summed E-state index contributed by atoms with van der Waals surface area (Å²) in [7, 11) is 0. The molecule has 1 unspecified atom stereocenters. The van der Waals surface area contributed by atoms with Crippen LogP contribution < -0.4 is 0 Å². The third-order valence-electron chi connectivity index (χ3n) is 5.13. The van der Waals surface area contributed by atoms with Gasteiger partial charge in [-0.05, 0) is 24.2 Å². The monoisotopic (exact) mass is 272 g/mol. The lowest BCUT2D eigenvalue weighted by Crippen LogP contribution is -2.28. The highest BCUT2D eigenvalue weighted by Crippen LogP contribution is 2.65. The van der Waals surface area contributed by atoms with Gasteiger partial charge in [-0.2, -0.15) is 0 Å². The molecule has 15 heavy (non-hydrogen) atoms. The van der Waals surface area contributed by atoms with Crippen LogP contribution in [0.4, 0.5) is 0 Å². The molecule has 3 rings (SSSR count). The van der Waals surface area contributed by atoms with Crippen LogP contribution >= 0.6 is 15.9 Å². The first-order valence-electron chi connectivity index (χ1n) is 5.84. The van der Waals surface area contributed by atoms with Crippen LogP contribution in [0.15, 0.2) is 0 Å². The van der Waals surface area contributed by atoms with Gasteiger partial charge in [0.15, 0.2) is 0 Å². The molecule has 1 heterocycles. The second-order valence-electron chi connectivity index (χ2n) is 5.85. The minimum absolute atomic E-state index is 0.0364. The Labute approximate surface area is 98.9 Å². The number of halogens is 1. The van der Waals surface area contributed by atoms with Gasteiger partial charge in [0.2, 0.25) is 0 Å². The zero-order valence-corrected chi connectivity index (χ0v) is 10.8. The highest BCUT2D eigenvalue weighted by Gasteiger charge is 2.66. The summed E-state index contributed by atoms with van der Waals surface area (Å²) in [5.41, 5.74) is 0.385. The molecule has 0 N–H and O–H groups in total. The van der Waals surface area contributed by atoms with E-state index < -0.39 is 0 Å². The lowest BCUT2D eigenvalue weighted by Gasteiger charge is -2.27. The first-order valence-corrected chi connectivity index (χ1v) is 6.96. The van der Waals surface area contributed by atoms with Gasteiger partial charge >= 0.3 is 5.97 Å². The van der Waals surface area contributed by atoms with Gasteiger partial charge in [0.25, 0.3) is 0 Å². The van der Waals surface area contributed by atoms with Gasteiger partial charge in [0.05, 0.1) is 5.92 Å². The predicted molar refractivity (Wildman–Crippen MR) is 60.6 cm³/mol. The third-order valence-corrected chi connectivity index (χ3v) is 5.82. The molecule has 84 valence electrons. The molecule has 3 fully saturated rings. The molecule has 5 atom stereocenters. The van der Waals surface area contributed by atoms with Gasteiger partial charge < -0.3 is 4.74 Å². The van der Waals surface area contributed by atoms with Crippen molar-refractivity contribution in [3.63, 3.8) is 0 Å². The first kappa shape index (κ1) is 10.1. The first-order chi connectivity index (χ1) is 7.07. The van der Waals surface area contributed by atoms with Gasteiger partial charge in [0.1, 0.15) is 6.10 Å². The number of fused-ring (bicyclic) bond motifs is 5. The molecule has 2 aliphatic carbocycles. The van der Waals surface area contributed by atoms with Crippen molar-refractivity contribution < 1.29 is 9.53 Å². The molecule has 2 bridgehead atoms. The maximum Gasteiger partial charge on any atom is 0.310 e. The van der Waals surface area contributed by atoms with Crippen LogP contribution in [0, 0.1) is 29.1 Å². The molecule has 0 aromatic rings. The summed E-state index contributed by atoms with van der Waals surface area (Å²) in [6.07, 6.45) is 2.77. The summed E-state index contributed by atoms with van der Waals surface area (Å²) >= 11 is 3.46. The van der Waals surface area contributed by atoms with Crippen molar-refractivity contribution in [3.8, 4) is 0 Å². The van der Waals surface area contributed by atoms with Crippen LogP contribution in [-0.4, -0.2) is 17.4 Å². The Morgan fingerprint density at radius 1 is 1.40 bits per heavy atom. The van der Waals surface area contributed by atoms with E-state index in [9.17, 15) is 4.79 Å². The van der Waals surface area contributed by atoms with E-state index in [0.29, 0.717) is 23.2 Å². The van der Waals surface area contributed by atoms with E-state index in [1.165, 1.54) is 12.8 Å². The van der Waals surface area contributed by atoms with E-state index in [1.807, 2.05) is 0 Å². The summed E-state index contributed by atoms with van der Waals surface area (Å²) in [6, 6.07) is 0. The quantitative estimate of drug-likeness (QED) is 0.542. The minimum atomic E-state index is 0.0364. The number of carbonyl (C=O) groups excluding carboxylic acids is 1. The average molecular weight is 273 g/mol. The van der Waals surface area contributed by atoms with Gasteiger partial charge in [-0.15, -0.1) is 0 Å². The fourth-order valence-corrected chi connectivity index (χ4v) is 5.06. The Morgan fingerprint density at radius 2 is 2.07 bits per heavy atom. The Balaban J connectivity index is 1.97. The Morgan fingerprint density at radius 3 is 2.73 bits per heavy atom. The normalized spacial score (nSPS) is 50.6. The molecule has 2 saturated carbocycles. The van der Waals surface area contributed by atoms with Crippen molar-refractivity contribution in [1.82, 2.24) is 0 Å². The number of hydrogen-bond donors (Lipinski definition) is 0. The number of rotatable bonds is 1. The fourth-order valence-electron chi connectivity index (χ4n) is 4.37. The maximum atomic E-state index is 11.7. The summed E-state index contributed by atoms with van der Waals surface area (Å²) in [6.45, 7) is 4.71. The van der Waals surface area contributed by atoms with E-state index in [-0.39, 0.29) is 18.0 Å². The molecule has 0 aromatic carbocycles. The Hall–Kier alpha value is -0.0500. The van der Waals surface area contributed by atoms with Crippen LogP contribution in [0.2, 0.25) is 0 Å². The van der Waals surface area contributed by atoms with Crippen molar-refractivity contribution >= 4 is 21.9 Å². The van der Waals surface area contributed by atoms with Crippen molar-refractivity contribution in [1.29, 1.82) is 0 Å². The maximum absolute atomic E-state index is 11.7. The van der Waals surface area contributed by atoms with Gasteiger partial charge in [-0.1, -0.05) is 29.8 Å². The third kappa shape index (κ3) is 1.08. The van der Waals surface area contributed by atoms with Gasteiger partial charge in [-0.3, -0.25) is 4.79 Å². The van der Waals surface area contributed by atoms with E-state index >= 15 is 0 Å². The van der Waals surface area contributed by atoms with Crippen LogP contribution in [0.3, 0.4) is 0 Å². The van der Waals surface area contributed by atoms with Gasteiger partial charge in [0, 0.05) is 17.2 Å². The van der Waals surface area contributed by atoms with E-state index in [2.05, 4.69) is 29.8 Å². The number of hydrogen-bond acceptors (Lipinski definition) is 2. The molecular weight excluding hydrogens is 256 g/mol. The van der Waals surface area contributed by atoms with Crippen molar-refractivity contribution in [2.45, 2.75) is 32.8 Å². The predicted octanol–water partition coefficient (Wildman–Crippen LogP) is 2.61.